The standard InChI is InChI=1S/C5H12F2N3O4S2/c1-10(2,3)4-5(8-15(6,11)12)9-16(7,13)14/h4H2,1-3H3,(H,8,9)/q+1. The smallest absolute Gasteiger partial charge is 0.325 e. The summed E-state index contributed by atoms with van der Waals surface area (Å²) >= 11 is 0. The third kappa shape index (κ3) is 9.73. The van der Waals surface area contributed by atoms with Crippen molar-refractivity contribution in [1.29, 1.82) is 0 Å². The maximum atomic E-state index is 12.2. The zero-order chi connectivity index (χ0) is 13.2. The van der Waals surface area contributed by atoms with Crippen LogP contribution in [0.1, 0.15) is 0 Å². The van der Waals surface area contributed by atoms with Gasteiger partial charge in [0.1, 0.15) is 6.54 Å². The second-order valence-corrected chi connectivity index (χ2v) is 6.03. The molecule has 0 saturated carbocycles. The lowest BCUT2D eigenvalue weighted by molar-refractivity contribution is -0.861. The zero-order valence-electron chi connectivity index (χ0n) is 8.81. The molecule has 0 bridgehead atoms. The molecule has 7 nitrogen and oxygen atoms in total. The lowest BCUT2D eigenvalue weighted by Crippen LogP contribution is -2.45. The Morgan fingerprint density at radius 2 is 1.62 bits per heavy atom. The number of rotatable bonds is 4. The van der Waals surface area contributed by atoms with Crippen LogP contribution in [0.5, 0.6) is 0 Å². The van der Waals surface area contributed by atoms with E-state index >= 15 is 0 Å². The summed E-state index contributed by atoms with van der Waals surface area (Å²) in [5.74, 6) is -0.836. The van der Waals surface area contributed by atoms with Crippen molar-refractivity contribution in [2.75, 3.05) is 27.7 Å². The lowest BCUT2D eigenvalue weighted by Gasteiger charge is -2.23. The minimum atomic E-state index is -5.28. The van der Waals surface area contributed by atoms with Gasteiger partial charge in [-0.25, -0.2) is 4.72 Å². The highest BCUT2D eigenvalue weighted by Crippen LogP contribution is 1.99. The van der Waals surface area contributed by atoms with Crippen molar-refractivity contribution < 1.29 is 29.1 Å². The Morgan fingerprint density at radius 3 is 1.88 bits per heavy atom. The third-order valence-electron chi connectivity index (χ3n) is 1.08. The molecule has 96 valence electrons. The van der Waals surface area contributed by atoms with Crippen LogP contribution >= 0.6 is 0 Å². The summed E-state index contributed by atoms with van der Waals surface area (Å²) < 4.78 is 69.0. The molecule has 0 fully saturated rings. The summed E-state index contributed by atoms with van der Waals surface area (Å²) in [5, 5.41) is 0. The minimum absolute atomic E-state index is 0.0247. The maximum absolute atomic E-state index is 12.2. The second-order valence-electron chi connectivity index (χ2n) is 3.94. The predicted molar refractivity (Wildman–Crippen MR) is 53.5 cm³/mol. The Morgan fingerprint density at radius 1 is 1.19 bits per heavy atom. The van der Waals surface area contributed by atoms with Gasteiger partial charge in [0.2, 0.25) is 0 Å². The van der Waals surface area contributed by atoms with Crippen molar-refractivity contribution >= 4 is 26.7 Å². The van der Waals surface area contributed by atoms with Crippen molar-refractivity contribution in [2.24, 2.45) is 4.40 Å². The van der Waals surface area contributed by atoms with E-state index in [4.69, 9.17) is 0 Å². The van der Waals surface area contributed by atoms with Crippen molar-refractivity contribution in [2.45, 2.75) is 0 Å². The number of hydrogen-bond donors (Lipinski definition) is 1. The highest BCUT2D eigenvalue weighted by atomic mass is 32.3. The van der Waals surface area contributed by atoms with E-state index in [1.54, 1.807) is 21.1 Å². The molecule has 0 rings (SSSR count). The van der Waals surface area contributed by atoms with Gasteiger partial charge in [-0.2, -0.15) is 16.8 Å². The number of nitrogens with zero attached hydrogens (tertiary/aromatic N) is 2. The average molecular weight is 280 g/mol. The van der Waals surface area contributed by atoms with E-state index in [0.29, 0.717) is 0 Å². The monoisotopic (exact) mass is 280 g/mol. The molecule has 0 aromatic carbocycles. The van der Waals surface area contributed by atoms with Gasteiger partial charge in [-0.15, -0.1) is 4.40 Å². The van der Waals surface area contributed by atoms with E-state index < -0.39 is 26.7 Å². The number of nitrogens with one attached hydrogen (secondary N) is 1. The lowest BCUT2D eigenvalue weighted by atomic mass is 10.5. The quantitative estimate of drug-likeness (QED) is 0.313. The Labute approximate surface area is 93.1 Å². The van der Waals surface area contributed by atoms with Crippen molar-refractivity contribution in [3.05, 3.63) is 0 Å². The van der Waals surface area contributed by atoms with Gasteiger partial charge < -0.3 is 4.48 Å². The van der Waals surface area contributed by atoms with Gasteiger partial charge in [0.05, 0.1) is 21.1 Å². The molecule has 0 aliphatic heterocycles. The molecule has 0 aliphatic rings. The van der Waals surface area contributed by atoms with Gasteiger partial charge in [0.15, 0.2) is 5.84 Å². The Hall–Kier alpha value is -0.810. The second kappa shape index (κ2) is 4.59. The van der Waals surface area contributed by atoms with Crippen LogP contribution in [0, 0.1) is 0 Å². The molecule has 0 spiro atoms. The van der Waals surface area contributed by atoms with Crippen LogP contribution in [0.15, 0.2) is 4.40 Å². The topological polar surface area (TPSA) is 92.7 Å². The maximum Gasteiger partial charge on any atom is 0.419 e. The molecule has 0 saturated heterocycles. The molecular weight excluding hydrogens is 268 g/mol. The van der Waals surface area contributed by atoms with Crippen LogP contribution in [0.25, 0.3) is 0 Å². The Kier molecular flexibility index (Phi) is 4.36. The van der Waals surface area contributed by atoms with E-state index in [1.165, 1.54) is 4.72 Å². The van der Waals surface area contributed by atoms with Crippen LogP contribution in [0.3, 0.4) is 0 Å². The number of likely N-dealkylation sites (N-methyl/N-ethyl adjacent to an activating group) is 1. The summed E-state index contributed by atoms with van der Waals surface area (Å²) in [5.41, 5.74) is 0. The van der Waals surface area contributed by atoms with Crippen LogP contribution in [-0.2, 0) is 20.8 Å². The first kappa shape index (κ1) is 15.2. The van der Waals surface area contributed by atoms with E-state index in [9.17, 15) is 24.6 Å². The van der Waals surface area contributed by atoms with Gasteiger partial charge in [-0.05, 0) is 0 Å². The first-order chi connectivity index (χ1) is 6.79. The summed E-state index contributed by atoms with van der Waals surface area (Å²) in [6.07, 6.45) is 0. The highest BCUT2D eigenvalue weighted by molar-refractivity contribution is 7.86. The molecule has 0 aromatic heterocycles. The van der Waals surface area contributed by atoms with Crippen molar-refractivity contribution in [3.8, 4) is 0 Å². The van der Waals surface area contributed by atoms with Gasteiger partial charge in [0.25, 0.3) is 0 Å². The van der Waals surface area contributed by atoms with Crippen molar-refractivity contribution in [1.82, 2.24) is 4.72 Å². The highest BCUT2D eigenvalue weighted by Gasteiger charge is 2.20. The molecule has 11 heteroatoms. The number of halogens is 2. The van der Waals surface area contributed by atoms with Crippen LogP contribution in [-0.4, -0.2) is 54.8 Å². The predicted octanol–water partition coefficient (Wildman–Crippen LogP) is -0.891. The van der Waals surface area contributed by atoms with Gasteiger partial charge in [0, 0.05) is 0 Å². The molecule has 0 radical (unpaired) electrons. The molecule has 0 aliphatic carbocycles. The number of quaternary nitrogens is 1. The average Bonchev–Trinajstić information content (AvgIpc) is 1.70. The normalized spacial score (nSPS) is 14.9. The minimum Gasteiger partial charge on any atom is -0.325 e. The zero-order valence-corrected chi connectivity index (χ0v) is 10.4. The summed E-state index contributed by atoms with van der Waals surface area (Å²) in [6.45, 7) is -0.313. The van der Waals surface area contributed by atoms with E-state index in [1.807, 2.05) is 0 Å². The van der Waals surface area contributed by atoms with E-state index in [0.717, 1.165) is 0 Å². The summed E-state index contributed by atoms with van der Waals surface area (Å²) in [6, 6.07) is 0. The molecule has 0 unspecified atom stereocenters. The fourth-order valence-electron chi connectivity index (χ4n) is 0.801. The first-order valence-electron chi connectivity index (χ1n) is 3.85. The molecule has 16 heavy (non-hydrogen) atoms. The van der Waals surface area contributed by atoms with Gasteiger partial charge in [-0.1, -0.05) is 7.77 Å². The third-order valence-corrected chi connectivity index (χ3v) is 2.00. The number of hydrogen-bond acceptors (Lipinski definition) is 4. The van der Waals surface area contributed by atoms with E-state index in [2.05, 4.69) is 4.40 Å². The number of amidine groups is 1. The van der Waals surface area contributed by atoms with Crippen LogP contribution in [0.2, 0.25) is 0 Å². The van der Waals surface area contributed by atoms with Crippen molar-refractivity contribution in [3.63, 3.8) is 0 Å². The fraction of sp³-hybridized carbons (Fsp3) is 0.800. The van der Waals surface area contributed by atoms with Crippen LogP contribution in [0.4, 0.5) is 7.77 Å². The summed E-state index contributed by atoms with van der Waals surface area (Å²) in [7, 11) is -5.83. The molecule has 1 N–H and O–H groups in total. The fourth-order valence-corrected chi connectivity index (χ4v) is 1.62. The molecule has 0 heterocycles. The van der Waals surface area contributed by atoms with Gasteiger partial charge >= 0.3 is 20.8 Å². The Balaban J connectivity index is 5.17. The molecule has 0 aromatic rings. The molecule has 0 atom stereocenters. The SMILES string of the molecule is C[N+](C)(C)C/C(=N\S(=O)(=O)F)NS(=O)(=O)F. The van der Waals surface area contributed by atoms with E-state index in [-0.39, 0.29) is 11.0 Å². The first-order valence-corrected chi connectivity index (χ1v) is 6.57. The molecule has 0 amide bonds. The largest absolute Gasteiger partial charge is 0.419 e. The molecular formula is C5H12F2N3O4S2+. The summed E-state index contributed by atoms with van der Waals surface area (Å²) in [4.78, 5) is 0. The van der Waals surface area contributed by atoms with Gasteiger partial charge in [-0.3, -0.25) is 0 Å². The van der Waals surface area contributed by atoms with Crippen LogP contribution < -0.4 is 4.72 Å². The Bertz CT molecular complexity index is 476.